The van der Waals surface area contributed by atoms with Crippen LogP contribution in [-0.2, 0) is 16.1 Å². The van der Waals surface area contributed by atoms with Crippen molar-refractivity contribution >= 4 is 40.9 Å². The van der Waals surface area contributed by atoms with Gasteiger partial charge in [0.25, 0.3) is 0 Å². The first-order chi connectivity index (χ1) is 12.1. The Morgan fingerprint density at radius 2 is 1.84 bits per heavy atom. The second-order valence-corrected chi connectivity index (χ2v) is 6.86. The quantitative estimate of drug-likeness (QED) is 0.873. The van der Waals surface area contributed by atoms with Crippen LogP contribution < -0.4 is 5.32 Å². The highest BCUT2D eigenvalue weighted by Gasteiger charge is 2.25. The monoisotopic (exact) mass is 372 g/mol. The minimum Gasteiger partial charge on any atom is -0.350 e. The van der Waals surface area contributed by atoms with Crippen molar-refractivity contribution in [2.24, 2.45) is 0 Å². The number of benzene rings is 2. The van der Waals surface area contributed by atoms with Crippen LogP contribution >= 0.6 is 23.4 Å². The van der Waals surface area contributed by atoms with Crippen molar-refractivity contribution in [3.8, 4) is 0 Å². The summed E-state index contributed by atoms with van der Waals surface area (Å²) in [5.74, 6) is 0.0888. The van der Waals surface area contributed by atoms with Gasteiger partial charge in [-0.1, -0.05) is 54.1 Å². The number of hydrogen-bond donors (Lipinski definition) is 1. The topological polar surface area (TPSA) is 49.4 Å². The molecule has 0 fully saturated rings. The summed E-state index contributed by atoms with van der Waals surface area (Å²) < 4.78 is 0. The molecule has 0 saturated carbocycles. The number of rotatable bonds is 5. The normalized spacial score (nSPS) is 14.2. The lowest BCUT2D eigenvalue weighted by atomic mass is 10.1. The first-order valence-electron chi connectivity index (χ1n) is 7.82. The smallest absolute Gasteiger partial charge is 0.240 e. The molecule has 1 aliphatic rings. The van der Waals surface area contributed by atoms with E-state index in [1.165, 1.54) is 11.8 Å². The van der Waals surface area contributed by atoms with Crippen LogP contribution in [0.2, 0.25) is 5.02 Å². The van der Waals surface area contributed by atoms with Crippen LogP contribution in [0.5, 0.6) is 0 Å². The van der Waals surface area contributed by atoms with Gasteiger partial charge < -0.3 is 10.2 Å². The third kappa shape index (κ3) is 4.65. The summed E-state index contributed by atoms with van der Waals surface area (Å²) in [7, 11) is 0. The lowest BCUT2D eigenvalue weighted by Crippen LogP contribution is -2.41. The first kappa shape index (κ1) is 17.6. The Balaban J connectivity index is 1.65. The SMILES string of the molecule is O=C(CN1C(=O)CSC=C1c1ccccc1)NCc1ccc(Cl)cc1. The minimum absolute atomic E-state index is 0.00765. The van der Waals surface area contributed by atoms with Gasteiger partial charge in [-0.05, 0) is 28.7 Å². The van der Waals surface area contributed by atoms with E-state index in [2.05, 4.69) is 5.32 Å². The molecule has 0 atom stereocenters. The van der Waals surface area contributed by atoms with Gasteiger partial charge >= 0.3 is 0 Å². The molecule has 1 heterocycles. The van der Waals surface area contributed by atoms with Gasteiger partial charge in [0.2, 0.25) is 11.8 Å². The van der Waals surface area contributed by atoms with Gasteiger partial charge in [-0.15, -0.1) is 11.8 Å². The molecule has 1 N–H and O–H groups in total. The molecular formula is C19H17ClN2O2S. The van der Waals surface area contributed by atoms with Crippen molar-refractivity contribution in [2.75, 3.05) is 12.3 Å². The third-order valence-corrected chi connectivity index (χ3v) is 4.82. The molecule has 1 aliphatic heterocycles. The third-order valence-electron chi connectivity index (χ3n) is 3.77. The Hall–Kier alpha value is -2.24. The van der Waals surface area contributed by atoms with Crippen LogP contribution in [0.15, 0.2) is 60.0 Å². The first-order valence-corrected chi connectivity index (χ1v) is 9.25. The van der Waals surface area contributed by atoms with Gasteiger partial charge in [0, 0.05) is 11.6 Å². The molecule has 0 saturated heterocycles. The minimum atomic E-state index is -0.197. The van der Waals surface area contributed by atoms with E-state index in [4.69, 9.17) is 11.6 Å². The highest BCUT2D eigenvalue weighted by Crippen LogP contribution is 2.27. The number of amides is 2. The summed E-state index contributed by atoms with van der Waals surface area (Å²) in [6.45, 7) is 0.408. The largest absolute Gasteiger partial charge is 0.350 e. The fourth-order valence-corrected chi connectivity index (χ4v) is 3.41. The van der Waals surface area contributed by atoms with Gasteiger partial charge in [0.15, 0.2) is 0 Å². The second-order valence-electron chi connectivity index (χ2n) is 5.56. The highest BCUT2D eigenvalue weighted by atomic mass is 35.5. The van der Waals surface area contributed by atoms with E-state index < -0.39 is 0 Å². The number of nitrogens with zero attached hydrogens (tertiary/aromatic N) is 1. The summed E-state index contributed by atoms with van der Waals surface area (Å²) in [5.41, 5.74) is 2.65. The molecule has 6 heteroatoms. The maximum atomic E-state index is 12.3. The Morgan fingerprint density at radius 1 is 1.12 bits per heavy atom. The Kier molecular flexibility index (Phi) is 5.79. The van der Waals surface area contributed by atoms with Crippen molar-refractivity contribution < 1.29 is 9.59 Å². The zero-order chi connectivity index (χ0) is 17.6. The highest BCUT2D eigenvalue weighted by molar-refractivity contribution is 8.03. The molecule has 4 nitrogen and oxygen atoms in total. The van der Waals surface area contributed by atoms with Gasteiger partial charge in [-0.25, -0.2) is 0 Å². The maximum Gasteiger partial charge on any atom is 0.240 e. The van der Waals surface area contributed by atoms with Crippen LogP contribution in [0.4, 0.5) is 0 Å². The standard InChI is InChI=1S/C19H17ClN2O2S/c20-16-8-6-14(7-9-16)10-21-18(23)11-22-17(12-25-13-19(22)24)15-4-2-1-3-5-15/h1-9,12H,10-11,13H2,(H,21,23). The zero-order valence-electron chi connectivity index (χ0n) is 13.4. The van der Waals surface area contributed by atoms with E-state index in [9.17, 15) is 9.59 Å². The molecule has 3 rings (SSSR count). The summed E-state index contributed by atoms with van der Waals surface area (Å²) in [6.07, 6.45) is 0. The average molecular weight is 373 g/mol. The molecule has 0 radical (unpaired) electrons. The number of hydrogen-bond acceptors (Lipinski definition) is 3. The van der Waals surface area contributed by atoms with Crippen molar-refractivity contribution in [1.82, 2.24) is 10.2 Å². The molecule has 2 aromatic rings. The van der Waals surface area contributed by atoms with Gasteiger partial charge in [-0.2, -0.15) is 0 Å². The van der Waals surface area contributed by atoms with Crippen molar-refractivity contribution in [3.63, 3.8) is 0 Å². The fraction of sp³-hybridized carbons (Fsp3) is 0.158. The number of carbonyl (C=O) groups is 2. The number of halogens is 1. The van der Waals surface area contributed by atoms with Crippen LogP contribution in [-0.4, -0.2) is 29.0 Å². The van der Waals surface area contributed by atoms with Crippen molar-refractivity contribution in [3.05, 3.63) is 76.2 Å². The summed E-state index contributed by atoms with van der Waals surface area (Å²) in [6, 6.07) is 16.9. The molecule has 0 bridgehead atoms. The predicted molar refractivity (Wildman–Crippen MR) is 102 cm³/mol. The van der Waals surface area contributed by atoms with Crippen LogP contribution in [0.1, 0.15) is 11.1 Å². The Bertz CT molecular complexity index is 791. The summed E-state index contributed by atoms with van der Waals surface area (Å²) in [5, 5.41) is 5.44. The molecule has 128 valence electrons. The summed E-state index contributed by atoms with van der Waals surface area (Å²) >= 11 is 7.30. The van der Waals surface area contributed by atoms with Gasteiger partial charge in [0.05, 0.1) is 11.4 Å². The average Bonchev–Trinajstić information content (AvgIpc) is 2.64. The van der Waals surface area contributed by atoms with Crippen LogP contribution in [0.25, 0.3) is 5.70 Å². The molecule has 2 aromatic carbocycles. The van der Waals surface area contributed by atoms with E-state index in [-0.39, 0.29) is 18.4 Å². The van der Waals surface area contributed by atoms with Gasteiger partial charge in [-0.3, -0.25) is 9.59 Å². The molecule has 2 amide bonds. The van der Waals surface area contributed by atoms with E-state index in [1.54, 1.807) is 17.0 Å². The number of thioether (sulfide) groups is 1. The van der Waals surface area contributed by atoms with E-state index in [0.717, 1.165) is 16.8 Å². The second kappa shape index (κ2) is 8.23. The fourth-order valence-electron chi connectivity index (χ4n) is 2.48. The van der Waals surface area contributed by atoms with Crippen molar-refractivity contribution in [1.29, 1.82) is 0 Å². The Labute approximate surface area is 155 Å². The lowest BCUT2D eigenvalue weighted by Gasteiger charge is -2.28. The van der Waals surface area contributed by atoms with Crippen molar-refractivity contribution in [2.45, 2.75) is 6.54 Å². The number of nitrogens with one attached hydrogen (secondary N) is 1. The van der Waals surface area contributed by atoms with E-state index in [1.807, 2.05) is 47.9 Å². The Morgan fingerprint density at radius 3 is 2.56 bits per heavy atom. The lowest BCUT2D eigenvalue weighted by molar-refractivity contribution is -0.131. The predicted octanol–water partition coefficient (Wildman–Crippen LogP) is 3.53. The van der Waals surface area contributed by atoms with Crippen LogP contribution in [0.3, 0.4) is 0 Å². The molecule has 0 unspecified atom stereocenters. The number of carbonyl (C=O) groups excluding carboxylic acids is 2. The molecule has 0 aliphatic carbocycles. The molecular weight excluding hydrogens is 356 g/mol. The molecule has 25 heavy (non-hydrogen) atoms. The summed E-state index contributed by atoms with van der Waals surface area (Å²) in [4.78, 5) is 26.1. The van der Waals surface area contributed by atoms with E-state index in [0.29, 0.717) is 17.3 Å². The maximum absolute atomic E-state index is 12.3. The zero-order valence-corrected chi connectivity index (χ0v) is 15.0. The molecule has 0 aromatic heterocycles. The van der Waals surface area contributed by atoms with E-state index >= 15 is 0 Å². The van der Waals surface area contributed by atoms with Gasteiger partial charge in [0.1, 0.15) is 6.54 Å². The van der Waals surface area contributed by atoms with Crippen LogP contribution in [0, 0.1) is 0 Å². The molecule has 0 spiro atoms.